The molecule has 115 heavy (non-hydrogen) atoms. The van der Waals surface area contributed by atoms with Crippen LogP contribution in [0.25, 0.3) is 0 Å². The van der Waals surface area contributed by atoms with Crippen molar-refractivity contribution in [1.29, 1.82) is 0 Å². The molecule has 0 aliphatic rings. The van der Waals surface area contributed by atoms with Crippen LogP contribution in [0, 0.1) is 17.8 Å². The maximum atomic E-state index is 14.4. The molecule has 0 aliphatic heterocycles. The monoisotopic (exact) mass is 1640 g/mol. The second kappa shape index (κ2) is 52.6. The molecule has 14 amide bonds. The Morgan fingerprint density at radius 1 is 0.470 bits per heavy atom. The van der Waals surface area contributed by atoms with Gasteiger partial charge in [0.2, 0.25) is 59.1 Å². The third kappa shape index (κ3) is 48.8. The number of aliphatic imine (C=N–C) groups is 1. The third-order valence-electron chi connectivity index (χ3n) is 15.3. The number of esters is 1. The lowest BCUT2D eigenvalue weighted by molar-refractivity contribution is -0.156. The number of guanidine groups is 1. The first-order valence-corrected chi connectivity index (χ1v) is 38.5. The first kappa shape index (κ1) is 103. The van der Waals surface area contributed by atoms with E-state index in [1.54, 1.807) is 96.9 Å². The molecule has 16 N–H and O–H groups in total. The molecule has 0 fully saturated rings. The van der Waals surface area contributed by atoms with E-state index in [9.17, 15) is 71.9 Å². The van der Waals surface area contributed by atoms with Gasteiger partial charge in [-0.25, -0.2) is 19.4 Å². The summed E-state index contributed by atoms with van der Waals surface area (Å²) >= 11 is 0. The quantitative estimate of drug-likeness (QED) is 0.0146. The minimum atomic E-state index is -1.71. The Balaban J connectivity index is 3.24. The van der Waals surface area contributed by atoms with Crippen molar-refractivity contribution >= 4 is 101 Å². The normalized spacial score (nSPS) is 13.4. The van der Waals surface area contributed by atoms with Crippen LogP contribution < -0.4 is 74.9 Å². The zero-order valence-electron chi connectivity index (χ0n) is 70.3. The molecule has 1 aromatic rings. The maximum absolute atomic E-state index is 14.4. The number of hydrogen-bond donors (Lipinski definition) is 15. The summed E-state index contributed by atoms with van der Waals surface area (Å²) in [5.41, 5.74) is 0.664. The van der Waals surface area contributed by atoms with Gasteiger partial charge in [-0.3, -0.25) is 68.2 Å². The van der Waals surface area contributed by atoms with Crippen molar-refractivity contribution < 1.29 is 115 Å². The lowest BCUT2D eigenvalue weighted by Gasteiger charge is -2.31. The molecule has 0 bridgehead atoms. The van der Waals surface area contributed by atoms with Gasteiger partial charge in [0.25, 0.3) is 5.91 Å². The highest BCUT2D eigenvalue weighted by molar-refractivity contribution is 6.04. The number of nitrogens with zero attached hydrogens (tertiary/aromatic N) is 1. The molecule has 0 radical (unpaired) electrons. The first-order chi connectivity index (χ1) is 53.5. The van der Waals surface area contributed by atoms with Crippen LogP contribution in [0.4, 0.5) is 20.1 Å². The predicted molar refractivity (Wildman–Crippen MR) is 421 cm³/mol. The highest BCUT2D eigenvalue weighted by Gasteiger charge is 2.38. The smallest absolute Gasteiger partial charge is 0.414 e. The number of benzene rings is 1. The van der Waals surface area contributed by atoms with Crippen LogP contribution in [0.3, 0.4) is 0 Å². The predicted octanol–water partition coefficient (Wildman–Crippen LogP) is 2.16. The number of carbonyl (C=O) groups is 15. The molecular formula is C76H129N15O24. The summed E-state index contributed by atoms with van der Waals surface area (Å²) in [6.45, 7) is 32.7. The van der Waals surface area contributed by atoms with Gasteiger partial charge in [-0.1, -0.05) is 54.5 Å². The number of urea groups is 1. The molecule has 39 heteroatoms. The molecule has 0 aromatic heterocycles. The molecule has 1 rings (SSSR count). The Bertz CT molecular complexity index is 3340. The summed E-state index contributed by atoms with van der Waals surface area (Å²) in [7, 11) is 0. The average Bonchev–Trinajstić information content (AvgIpc) is 0.845. The standard InChI is InChI=1S/C76H129N15O24/c1-20-51(63(99)86-55(41-47(6)7)65(101)85-52(25-22-27-79-69(77)105)67(103)91-76(18,19)68(104)88-53(39-45(2)3)62(98)78-28-30-109-32-34-111-36-38-112-37-35-110-33-31-108-29-26-58(93)94)84-60(96)48(8)81-64(100)54(40-46(4)5)87-66(102)56(43-59(95)113-73(9,10)11)83-57(92)44-80-61(97)49-23-21-24-50(42-49)82-70(89-71(106)114-74(12,13)14)90-72(107)115-75(15,16)17/h21,23-24,42,45-48,51-56H,20,22,25-41,43-44H2,1-19H3,(H,78,98)(H,80,97)(H,81,100)(H,83,92)(H,84,96)(H,85,101)(H,86,99)(H,87,102)(H,88,104)(H,91,103)(H,93,94)(H3,77,79,105)(H2,82,89,90,106,107)/t48-,51-,52-,53-,54-,55-,56-/m0/s1. The third-order valence-corrected chi connectivity index (χ3v) is 15.3. The SMILES string of the molecule is CC[C@H](NC(=O)[C@H](C)NC(=O)[C@H](CC(C)C)NC(=O)[C@H](CC(=O)OC(C)(C)C)NC(=O)CNC(=O)c1cccc(N=C(NC(=O)OC(C)(C)C)NC(=O)OC(C)(C)C)c1)C(=O)N[C@@H](CC(C)C)C(=O)N[C@@H](CCCNC(N)=O)C(=O)NC(C)(C)C(=O)N[C@@H](CC(C)C)C(=O)NCCOCCOCCOCCOCCOCCC(=O)O. The van der Waals surface area contributed by atoms with E-state index in [2.05, 4.69) is 74.1 Å². The molecule has 0 saturated carbocycles. The fourth-order valence-electron chi connectivity index (χ4n) is 10.0. The lowest BCUT2D eigenvalue weighted by atomic mass is 9.98. The van der Waals surface area contributed by atoms with E-state index in [4.69, 9.17) is 48.7 Å². The van der Waals surface area contributed by atoms with Gasteiger partial charge in [0, 0.05) is 18.7 Å². The number of alkyl carbamates (subject to hydrolysis) is 2. The van der Waals surface area contributed by atoms with Gasteiger partial charge in [-0.2, -0.15) is 0 Å². The number of carboxylic acid groups (broad SMARTS) is 1. The topological polar surface area (TPSA) is 545 Å². The van der Waals surface area contributed by atoms with Crippen LogP contribution in [0.5, 0.6) is 0 Å². The molecule has 0 aliphatic carbocycles. The van der Waals surface area contributed by atoms with Crippen LogP contribution in [-0.4, -0.2) is 251 Å². The summed E-state index contributed by atoms with van der Waals surface area (Å²) in [5, 5.41) is 41.8. The summed E-state index contributed by atoms with van der Waals surface area (Å²) in [5.74, 6) is -11.2. The van der Waals surface area contributed by atoms with Gasteiger partial charge in [-0.15, -0.1) is 0 Å². The van der Waals surface area contributed by atoms with Crippen molar-refractivity contribution in [2.24, 2.45) is 28.5 Å². The Labute approximate surface area is 673 Å². The van der Waals surface area contributed by atoms with Crippen LogP contribution in [0.1, 0.15) is 193 Å². The van der Waals surface area contributed by atoms with Crippen molar-refractivity contribution in [1.82, 2.24) is 69.1 Å². The van der Waals surface area contributed by atoms with Crippen LogP contribution >= 0.6 is 0 Å². The minimum absolute atomic E-state index is 0.0158. The number of primary amides is 1. The van der Waals surface area contributed by atoms with Crippen molar-refractivity contribution in [2.75, 3.05) is 85.7 Å². The maximum Gasteiger partial charge on any atom is 0.414 e. The number of rotatable bonds is 51. The van der Waals surface area contributed by atoms with Crippen LogP contribution in [0.2, 0.25) is 0 Å². The van der Waals surface area contributed by atoms with Crippen molar-refractivity contribution in [3.05, 3.63) is 29.8 Å². The molecule has 652 valence electrons. The van der Waals surface area contributed by atoms with E-state index < -0.39 is 173 Å². The van der Waals surface area contributed by atoms with E-state index in [1.165, 1.54) is 45.0 Å². The Morgan fingerprint density at radius 2 is 0.913 bits per heavy atom. The molecule has 1 aromatic carbocycles. The largest absolute Gasteiger partial charge is 0.481 e. The molecule has 7 atom stereocenters. The van der Waals surface area contributed by atoms with E-state index in [0.29, 0.717) is 33.0 Å². The Hall–Kier alpha value is -9.86. The number of amides is 14. The zero-order valence-corrected chi connectivity index (χ0v) is 70.3. The summed E-state index contributed by atoms with van der Waals surface area (Å²) in [4.78, 5) is 205. The van der Waals surface area contributed by atoms with Crippen molar-refractivity contribution in [3.8, 4) is 0 Å². The van der Waals surface area contributed by atoms with Gasteiger partial charge in [-0.05, 0) is 158 Å². The second-order valence-corrected chi connectivity index (χ2v) is 31.7. The minimum Gasteiger partial charge on any atom is -0.481 e. The molecule has 0 unspecified atom stereocenters. The van der Waals surface area contributed by atoms with E-state index in [0.717, 1.165) is 0 Å². The van der Waals surface area contributed by atoms with E-state index in [-0.39, 0.29) is 120 Å². The van der Waals surface area contributed by atoms with Crippen LogP contribution in [-0.2, 0) is 90.6 Å². The molecule has 39 nitrogen and oxygen atoms in total. The van der Waals surface area contributed by atoms with E-state index >= 15 is 0 Å². The van der Waals surface area contributed by atoms with Gasteiger partial charge < -0.3 is 107 Å². The summed E-state index contributed by atoms with van der Waals surface area (Å²) < 4.78 is 43.1. The number of nitrogens with one attached hydrogen (secondary N) is 13. The van der Waals surface area contributed by atoms with E-state index in [1.807, 2.05) is 13.8 Å². The zero-order chi connectivity index (χ0) is 87.4. The summed E-state index contributed by atoms with van der Waals surface area (Å²) in [6.07, 6.45) is -2.65. The van der Waals surface area contributed by atoms with Crippen LogP contribution in [0.15, 0.2) is 29.3 Å². The van der Waals surface area contributed by atoms with Gasteiger partial charge in [0.05, 0.1) is 91.1 Å². The van der Waals surface area contributed by atoms with Gasteiger partial charge in [0.15, 0.2) is 0 Å². The molecule has 0 heterocycles. The second-order valence-electron chi connectivity index (χ2n) is 31.7. The molecule has 0 spiro atoms. The average molecular weight is 1640 g/mol. The number of carboxylic acids is 1. The lowest BCUT2D eigenvalue weighted by Crippen LogP contribution is -2.63. The van der Waals surface area contributed by atoms with Crippen molar-refractivity contribution in [2.45, 2.75) is 248 Å². The summed E-state index contributed by atoms with van der Waals surface area (Å²) in [6, 6.07) is -4.93. The number of ether oxygens (including phenoxy) is 8. The van der Waals surface area contributed by atoms with Gasteiger partial charge >= 0.3 is 30.2 Å². The van der Waals surface area contributed by atoms with Crippen molar-refractivity contribution in [3.63, 3.8) is 0 Å². The molecule has 0 saturated heterocycles. The Kier molecular flexibility index (Phi) is 47.2. The highest BCUT2D eigenvalue weighted by Crippen LogP contribution is 2.18. The number of aliphatic carboxylic acids is 1. The molecular weight excluding hydrogens is 1510 g/mol. The number of carbonyl (C=O) groups excluding carboxylic acids is 14. The fraction of sp³-hybridized carbons (Fsp3) is 0.711. The van der Waals surface area contributed by atoms with Gasteiger partial charge in [0.1, 0.15) is 64.6 Å². The first-order valence-electron chi connectivity index (χ1n) is 38.5. The Morgan fingerprint density at radius 3 is 1.38 bits per heavy atom. The fourth-order valence-corrected chi connectivity index (χ4v) is 10.0. The number of nitrogens with two attached hydrogens (primary N) is 1. The highest BCUT2D eigenvalue weighted by atomic mass is 16.6. The number of hydrogen-bond acceptors (Lipinski definition) is 24.